The van der Waals surface area contributed by atoms with E-state index in [1.54, 1.807) is 17.5 Å². The van der Waals surface area contributed by atoms with Crippen LogP contribution in [0.3, 0.4) is 0 Å². The molecular formula is C24H31N5. The molecule has 3 aliphatic heterocycles. The Balaban J connectivity index is 1.53. The Kier molecular flexibility index (Phi) is 4.17. The van der Waals surface area contributed by atoms with Crippen molar-refractivity contribution in [2.75, 3.05) is 31.1 Å². The molecule has 2 N–H and O–H groups in total. The highest BCUT2D eigenvalue weighted by Gasteiger charge is 2.47. The summed E-state index contributed by atoms with van der Waals surface area (Å²) in [5, 5.41) is 7.37. The minimum absolute atomic E-state index is 0.237. The number of fused-ring (bicyclic) bond motifs is 3. The van der Waals surface area contributed by atoms with E-state index >= 15 is 0 Å². The van der Waals surface area contributed by atoms with Gasteiger partial charge in [0.1, 0.15) is 12.1 Å². The van der Waals surface area contributed by atoms with Gasteiger partial charge >= 0.3 is 0 Å². The third kappa shape index (κ3) is 2.67. The number of benzene rings is 1. The van der Waals surface area contributed by atoms with E-state index in [9.17, 15) is 0 Å². The Morgan fingerprint density at radius 3 is 2.83 bits per heavy atom. The molecule has 2 saturated heterocycles. The smallest absolute Gasteiger partial charge is 0.140 e. The molecule has 0 bridgehead atoms. The Bertz CT molecular complexity index is 927. The van der Waals surface area contributed by atoms with Gasteiger partial charge in [0, 0.05) is 34.9 Å². The number of aryl methyl sites for hydroxylation is 1. The van der Waals surface area contributed by atoms with Crippen LogP contribution in [-0.2, 0) is 11.8 Å². The lowest BCUT2D eigenvalue weighted by atomic mass is 9.72. The molecule has 6 rings (SSSR count). The average molecular weight is 390 g/mol. The van der Waals surface area contributed by atoms with Gasteiger partial charge in [-0.15, -0.1) is 0 Å². The quantitative estimate of drug-likeness (QED) is 0.820. The molecule has 1 unspecified atom stereocenters. The van der Waals surface area contributed by atoms with Crippen LogP contribution in [0.5, 0.6) is 0 Å². The second kappa shape index (κ2) is 6.78. The van der Waals surface area contributed by atoms with Crippen molar-refractivity contribution < 1.29 is 0 Å². The van der Waals surface area contributed by atoms with E-state index in [1.165, 1.54) is 54.9 Å². The van der Waals surface area contributed by atoms with Gasteiger partial charge < -0.3 is 15.5 Å². The van der Waals surface area contributed by atoms with Gasteiger partial charge in [-0.05, 0) is 81.3 Å². The highest BCUT2D eigenvalue weighted by molar-refractivity contribution is 5.75. The van der Waals surface area contributed by atoms with Crippen LogP contribution in [-0.4, -0.2) is 36.1 Å². The van der Waals surface area contributed by atoms with E-state index < -0.39 is 0 Å². The summed E-state index contributed by atoms with van der Waals surface area (Å²) in [6.07, 6.45) is 9.04. The first-order chi connectivity index (χ1) is 14.3. The highest BCUT2D eigenvalue weighted by Crippen LogP contribution is 2.53. The molecule has 5 heteroatoms. The van der Waals surface area contributed by atoms with Crippen molar-refractivity contribution >= 4 is 11.5 Å². The third-order valence-corrected chi connectivity index (χ3v) is 7.86. The van der Waals surface area contributed by atoms with Crippen molar-refractivity contribution in [3.8, 4) is 0 Å². The second-order valence-electron chi connectivity index (χ2n) is 9.50. The van der Waals surface area contributed by atoms with Gasteiger partial charge in [0.05, 0.1) is 0 Å². The maximum absolute atomic E-state index is 4.87. The summed E-state index contributed by atoms with van der Waals surface area (Å²) in [7, 11) is 0. The largest absolute Gasteiger partial charge is 0.325 e. The maximum Gasteiger partial charge on any atom is 0.140 e. The molecular weight excluding hydrogens is 358 g/mol. The summed E-state index contributed by atoms with van der Waals surface area (Å²) >= 11 is 0. The normalized spacial score (nSPS) is 27.4. The predicted molar refractivity (Wildman–Crippen MR) is 116 cm³/mol. The topological polar surface area (TPSA) is 53.1 Å². The fourth-order valence-corrected chi connectivity index (χ4v) is 6.41. The van der Waals surface area contributed by atoms with Crippen LogP contribution in [0.1, 0.15) is 73.4 Å². The number of nitrogens with zero attached hydrogens (tertiary/aromatic N) is 3. The van der Waals surface area contributed by atoms with E-state index in [0.717, 1.165) is 32.6 Å². The predicted octanol–water partition coefficient (Wildman–Crippen LogP) is 3.72. The van der Waals surface area contributed by atoms with Gasteiger partial charge in [-0.25, -0.2) is 9.97 Å². The van der Waals surface area contributed by atoms with E-state index in [0.29, 0.717) is 12.0 Å². The molecule has 2 atom stereocenters. The summed E-state index contributed by atoms with van der Waals surface area (Å²) < 4.78 is 0. The lowest BCUT2D eigenvalue weighted by Crippen LogP contribution is -2.43. The Labute approximate surface area is 173 Å². The molecule has 0 saturated carbocycles. The van der Waals surface area contributed by atoms with Crippen LogP contribution in [0.4, 0.5) is 11.5 Å². The van der Waals surface area contributed by atoms with Crippen molar-refractivity contribution in [1.29, 1.82) is 0 Å². The number of hydrogen-bond acceptors (Lipinski definition) is 5. The van der Waals surface area contributed by atoms with E-state index in [2.05, 4.69) is 45.6 Å². The van der Waals surface area contributed by atoms with Gasteiger partial charge in [-0.1, -0.05) is 19.1 Å². The molecule has 2 aromatic rings. The average Bonchev–Trinajstić information content (AvgIpc) is 3.48. The minimum atomic E-state index is 0.237. The summed E-state index contributed by atoms with van der Waals surface area (Å²) in [4.78, 5) is 12.1. The fraction of sp³-hybridized carbons (Fsp3) is 0.583. The van der Waals surface area contributed by atoms with Gasteiger partial charge in [-0.2, -0.15) is 0 Å². The molecule has 152 valence electrons. The van der Waals surface area contributed by atoms with Crippen molar-refractivity contribution in [2.45, 2.75) is 62.8 Å². The monoisotopic (exact) mass is 389 g/mol. The number of hydrogen-bond donors (Lipinski definition) is 2. The number of anilines is 2. The number of piperidine rings is 1. The molecule has 0 radical (unpaired) electrons. The molecule has 1 aromatic carbocycles. The van der Waals surface area contributed by atoms with Gasteiger partial charge in [0.2, 0.25) is 0 Å². The van der Waals surface area contributed by atoms with Crippen LogP contribution in [0.25, 0.3) is 0 Å². The zero-order chi connectivity index (χ0) is 19.4. The first-order valence-corrected chi connectivity index (χ1v) is 11.5. The zero-order valence-corrected chi connectivity index (χ0v) is 17.4. The zero-order valence-electron chi connectivity index (χ0n) is 17.4. The molecule has 1 spiro atoms. The molecule has 2 fully saturated rings. The van der Waals surface area contributed by atoms with Crippen LogP contribution >= 0.6 is 0 Å². The minimum Gasteiger partial charge on any atom is -0.325 e. The standard InChI is InChI=1S/C24H31N5/c1-16-7-8-19-21(16)23(28-15-27-19)29-14-24(9-12-25-13-10-24)22-17(4-2-6-20(22)29)18-5-3-11-26-18/h2,4,6,15-16,18,25-26H,3,5,7-14H2,1H3/t16-,18?/m1/s1. The van der Waals surface area contributed by atoms with Crippen molar-refractivity contribution in [1.82, 2.24) is 20.6 Å². The summed E-state index contributed by atoms with van der Waals surface area (Å²) in [5.74, 6) is 1.72. The summed E-state index contributed by atoms with van der Waals surface area (Å²) in [6.45, 7) is 6.76. The highest BCUT2D eigenvalue weighted by atomic mass is 15.2. The molecule has 4 heterocycles. The van der Waals surface area contributed by atoms with Gasteiger partial charge in [0.25, 0.3) is 0 Å². The maximum atomic E-state index is 4.87. The van der Waals surface area contributed by atoms with E-state index in [1.807, 2.05) is 0 Å². The van der Waals surface area contributed by atoms with Gasteiger partial charge in [-0.3, -0.25) is 0 Å². The first-order valence-electron chi connectivity index (χ1n) is 11.5. The summed E-state index contributed by atoms with van der Waals surface area (Å²) in [6, 6.07) is 7.51. The van der Waals surface area contributed by atoms with Crippen molar-refractivity contribution in [2.24, 2.45) is 0 Å². The SMILES string of the molecule is C[C@@H]1CCc2ncnc(N3CC4(CCNCC4)c4c(C5CCCN5)cccc43)c21. The summed E-state index contributed by atoms with van der Waals surface area (Å²) in [5.41, 5.74) is 7.46. The Morgan fingerprint density at radius 1 is 1.10 bits per heavy atom. The van der Waals surface area contributed by atoms with E-state index in [-0.39, 0.29) is 5.41 Å². The first kappa shape index (κ1) is 17.8. The van der Waals surface area contributed by atoms with Crippen LogP contribution in [0, 0.1) is 0 Å². The lowest BCUT2D eigenvalue weighted by Gasteiger charge is -2.36. The molecule has 0 amide bonds. The van der Waals surface area contributed by atoms with Crippen molar-refractivity contribution in [3.63, 3.8) is 0 Å². The van der Waals surface area contributed by atoms with Gasteiger partial charge in [0.15, 0.2) is 0 Å². The van der Waals surface area contributed by atoms with Crippen molar-refractivity contribution in [3.05, 3.63) is 46.9 Å². The number of rotatable bonds is 2. The molecule has 1 aromatic heterocycles. The molecule has 1 aliphatic carbocycles. The van der Waals surface area contributed by atoms with Crippen LogP contribution in [0.15, 0.2) is 24.5 Å². The Morgan fingerprint density at radius 2 is 2.00 bits per heavy atom. The molecule has 4 aliphatic rings. The number of aromatic nitrogens is 2. The molecule has 29 heavy (non-hydrogen) atoms. The van der Waals surface area contributed by atoms with Crippen LogP contribution < -0.4 is 15.5 Å². The lowest BCUT2D eigenvalue weighted by molar-refractivity contribution is 0.325. The number of nitrogens with one attached hydrogen (secondary N) is 2. The molecule has 5 nitrogen and oxygen atoms in total. The van der Waals surface area contributed by atoms with E-state index in [4.69, 9.17) is 4.98 Å². The van der Waals surface area contributed by atoms with Crippen LogP contribution in [0.2, 0.25) is 0 Å². The third-order valence-electron chi connectivity index (χ3n) is 7.86. The fourth-order valence-electron chi connectivity index (χ4n) is 6.41. The Hall–Kier alpha value is -1.98. The second-order valence-corrected chi connectivity index (χ2v) is 9.50.